The molecule has 3 heteroatoms. The van der Waals surface area contributed by atoms with Crippen molar-refractivity contribution < 1.29 is 0 Å². The molecule has 0 saturated heterocycles. The molecule has 2 rings (SSSR count). The first kappa shape index (κ1) is 12.6. The van der Waals surface area contributed by atoms with Crippen LogP contribution in [-0.2, 0) is 13.1 Å². The van der Waals surface area contributed by atoms with Crippen LogP contribution in [0.2, 0.25) is 0 Å². The van der Waals surface area contributed by atoms with E-state index >= 15 is 0 Å². The van der Waals surface area contributed by atoms with Crippen molar-refractivity contribution in [1.82, 2.24) is 4.90 Å². The first-order valence-corrected chi connectivity index (χ1v) is 6.84. The maximum absolute atomic E-state index is 5.86. The van der Waals surface area contributed by atoms with E-state index in [1.807, 2.05) is 11.3 Å². The van der Waals surface area contributed by atoms with Gasteiger partial charge in [0.05, 0.1) is 0 Å². The second-order valence-electron chi connectivity index (χ2n) is 4.71. The molecule has 2 N–H and O–H groups in total. The fraction of sp³-hybridized carbons (Fsp3) is 0.429. The minimum absolute atomic E-state index is 0.555. The van der Waals surface area contributed by atoms with E-state index in [1.54, 1.807) is 0 Å². The number of hydrogen-bond donors (Lipinski definition) is 1. The van der Waals surface area contributed by atoms with Crippen molar-refractivity contribution in [3.8, 4) is 0 Å². The second-order valence-corrected chi connectivity index (χ2v) is 5.85. The Hall–Kier alpha value is -0.900. The summed E-state index contributed by atoms with van der Waals surface area (Å²) in [4.78, 5) is 3.67. The summed E-state index contributed by atoms with van der Waals surface area (Å²) in [6.45, 7) is 6.06. The molecule has 0 unspecified atom stereocenters. The quantitative estimate of drug-likeness (QED) is 0.900. The van der Waals surface area contributed by atoms with E-state index < -0.39 is 0 Å². The summed E-state index contributed by atoms with van der Waals surface area (Å²) in [5, 5.41) is 1.37. The summed E-state index contributed by atoms with van der Waals surface area (Å²) in [7, 11) is 2.16. The maximum atomic E-state index is 5.86. The van der Waals surface area contributed by atoms with Crippen molar-refractivity contribution in [3.63, 3.8) is 0 Å². The normalized spacial score (nSPS) is 11.9. The van der Waals surface area contributed by atoms with Crippen molar-refractivity contribution in [2.24, 2.45) is 5.73 Å². The third-order valence-electron chi connectivity index (χ3n) is 3.26. The molecule has 1 aromatic carbocycles. The van der Waals surface area contributed by atoms with Gasteiger partial charge >= 0.3 is 0 Å². The average molecular weight is 248 g/mol. The maximum Gasteiger partial charge on any atom is 0.0349 e. The van der Waals surface area contributed by atoms with Gasteiger partial charge in [-0.05, 0) is 37.9 Å². The third kappa shape index (κ3) is 2.51. The van der Waals surface area contributed by atoms with Crippen LogP contribution in [0, 0.1) is 0 Å². The van der Waals surface area contributed by atoms with Crippen LogP contribution >= 0.6 is 11.3 Å². The number of rotatable bonds is 4. The highest BCUT2D eigenvalue weighted by Crippen LogP contribution is 2.31. The summed E-state index contributed by atoms with van der Waals surface area (Å²) < 4.78 is 1.35. The minimum atomic E-state index is 0.555. The molecule has 0 aliphatic heterocycles. The lowest BCUT2D eigenvalue weighted by atomic mass is 10.1. The van der Waals surface area contributed by atoms with E-state index in [9.17, 15) is 0 Å². The molecular formula is C14H20N2S. The van der Waals surface area contributed by atoms with Gasteiger partial charge in [0.1, 0.15) is 0 Å². The highest BCUT2D eigenvalue weighted by Gasteiger charge is 2.13. The van der Waals surface area contributed by atoms with Gasteiger partial charge in [0, 0.05) is 28.7 Å². The van der Waals surface area contributed by atoms with E-state index in [1.165, 1.54) is 20.5 Å². The van der Waals surface area contributed by atoms with Gasteiger partial charge in [-0.25, -0.2) is 0 Å². The minimum Gasteiger partial charge on any atom is -0.326 e. The van der Waals surface area contributed by atoms with Gasteiger partial charge in [-0.15, -0.1) is 11.3 Å². The lowest BCUT2D eigenvalue weighted by molar-refractivity contribution is 0.266. The van der Waals surface area contributed by atoms with Crippen molar-refractivity contribution in [2.45, 2.75) is 33.0 Å². The zero-order chi connectivity index (χ0) is 12.4. The third-order valence-corrected chi connectivity index (χ3v) is 4.49. The summed E-state index contributed by atoms with van der Waals surface area (Å²) in [6, 6.07) is 9.13. The smallest absolute Gasteiger partial charge is 0.0349 e. The topological polar surface area (TPSA) is 29.3 Å². The van der Waals surface area contributed by atoms with Crippen LogP contribution in [0.3, 0.4) is 0 Å². The van der Waals surface area contributed by atoms with Crippen LogP contribution < -0.4 is 5.73 Å². The Morgan fingerprint density at radius 3 is 2.65 bits per heavy atom. The Labute approximate surface area is 107 Å². The van der Waals surface area contributed by atoms with Crippen LogP contribution in [-0.4, -0.2) is 18.0 Å². The SMILES string of the molecule is CC(C)N(C)Cc1c(CN)sc2ccccc12. The van der Waals surface area contributed by atoms with Crippen molar-refractivity contribution in [2.75, 3.05) is 7.05 Å². The monoisotopic (exact) mass is 248 g/mol. The Morgan fingerprint density at radius 2 is 2.00 bits per heavy atom. The molecular weight excluding hydrogens is 228 g/mol. The molecule has 2 nitrogen and oxygen atoms in total. The molecule has 0 amide bonds. The van der Waals surface area contributed by atoms with Crippen LogP contribution in [0.15, 0.2) is 24.3 Å². The Balaban J connectivity index is 2.43. The molecule has 1 heterocycles. The van der Waals surface area contributed by atoms with Crippen LogP contribution in [0.1, 0.15) is 24.3 Å². The van der Waals surface area contributed by atoms with Gasteiger partial charge in [0.25, 0.3) is 0 Å². The van der Waals surface area contributed by atoms with E-state index in [0.717, 1.165) is 6.54 Å². The van der Waals surface area contributed by atoms with E-state index in [0.29, 0.717) is 12.6 Å². The van der Waals surface area contributed by atoms with Crippen LogP contribution in [0.5, 0.6) is 0 Å². The number of fused-ring (bicyclic) bond motifs is 1. The van der Waals surface area contributed by atoms with E-state index in [4.69, 9.17) is 5.73 Å². The fourth-order valence-corrected chi connectivity index (χ4v) is 3.01. The molecule has 92 valence electrons. The van der Waals surface area contributed by atoms with Crippen molar-refractivity contribution in [1.29, 1.82) is 0 Å². The molecule has 0 saturated carbocycles. The van der Waals surface area contributed by atoms with Crippen LogP contribution in [0.25, 0.3) is 10.1 Å². The molecule has 0 radical (unpaired) electrons. The molecule has 2 aromatic rings. The Kier molecular flexibility index (Phi) is 3.82. The zero-order valence-electron chi connectivity index (χ0n) is 10.7. The summed E-state index contributed by atoms with van der Waals surface area (Å²) in [5.74, 6) is 0. The fourth-order valence-electron chi connectivity index (χ4n) is 1.92. The van der Waals surface area contributed by atoms with E-state index in [2.05, 4.69) is 50.1 Å². The van der Waals surface area contributed by atoms with Gasteiger partial charge < -0.3 is 5.73 Å². The van der Waals surface area contributed by atoms with Crippen molar-refractivity contribution in [3.05, 3.63) is 34.7 Å². The number of hydrogen-bond acceptors (Lipinski definition) is 3. The lowest BCUT2D eigenvalue weighted by Crippen LogP contribution is -2.26. The molecule has 17 heavy (non-hydrogen) atoms. The first-order chi connectivity index (χ1) is 8.13. The second kappa shape index (κ2) is 5.17. The zero-order valence-corrected chi connectivity index (χ0v) is 11.6. The highest BCUT2D eigenvalue weighted by molar-refractivity contribution is 7.19. The number of benzene rings is 1. The molecule has 0 atom stereocenters. The van der Waals surface area contributed by atoms with Gasteiger partial charge in [-0.3, -0.25) is 4.90 Å². The summed E-state index contributed by atoms with van der Waals surface area (Å²) in [5.41, 5.74) is 7.26. The Bertz CT molecular complexity index is 502. The predicted octanol–water partition coefficient (Wildman–Crippen LogP) is 3.20. The van der Waals surface area contributed by atoms with Gasteiger partial charge in [0.15, 0.2) is 0 Å². The number of nitrogens with two attached hydrogens (primary N) is 1. The molecule has 0 aliphatic rings. The van der Waals surface area contributed by atoms with Crippen LogP contribution in [0.4, 0.5) is 0 Å². The van der Waals surface area contributed by atoms with Crippen molar-refractivity contribution >= 4 is 21.4 Å². The summed E-state index contributed by atoms with van der Waals surface area (Å²) >= 11 is 1.83. The predicted molar refractivity (Wildman–Crippen MR) is 76.3 cm³/mol. The Morgan fingerprint density at radius 1 is 1.29 bits per heavy atom. The molecule has 0 bridgehead atoms. The molecule has 0 spiro atoms. The largest absolute Gasteiger partial charge is 0.326 e. The first-order valence-electron chi connectivity index (χ1n) is 6.03. The highest BCUT2D eigenvalue weighted by atomic mass is 32.1. The number of nitrogens with zero attached hydrogens (tertiary/aromatic N) is 1. The summed E-state index contributed by atoms with van der Waals surface area (Å²) in [6.07, 6.45) is 0. The van der Waals surface area contributed by atoms with Gasteiger partial charge in [0.2, 0.25) is 0 Å². The lowest BCUT2D eigenvalue weighted by Gasteiger charge is -2.21. The van der Waals surface area contributed by atoms with Gasteiger partial charge in [-0.1, -0.05) is 18.2 Å². The molecule has 0 fully saturated rings. The number of thiophene rings is 1. The standard InChI is InChI=1S/C14H20N2S/c1-10(2)16(3)9-12-11-6-4-5-7-13(11)17-14(12)8-15/h4-7,10H,8-9,15H2,1-3H3. The van der Waals surface area contributed by atoms with E-state index in [-0.39, 0.29) is 0 Å². The van der Waals surface area contributed by atoms with Gasteiger partial charge in [-0.2, -0.15) is 0 Å². The molecule has 1 aromatic heterocycles. The average Bonchev–Trinajstić information content (AvgIpc) is 2.67. The molecule has 0 aliphatic carbocycles.